The lowest BCUT2D eigenvalue weighted by atomic mass is 10.2. The summed E-state index contributed by atoms with van der Waals surface area (Å²) < 4.78 is 5.55. The predicted octanol–water partition coefficient (Wildman–Crippen LogP) is 0.563. The van der Waals surface area contributed by atoms with Crippen LogP contribution in [0.25, 0.3) is 0 Å². The van der Waals surface area contributed by atoms with E-state index >= 15 is 0 Å². The van der Waals surface area contributed by atoms with Gasteiger partial charge in [0, 0.05) is 31.7 Å². The van der Waals surface area contributed by atoms with Gasteiger partial charge in [-0.1, -0.05) is 5.16 Å². The minimum atomic E-state index is 0.677. The molecule has 3 aliphatic heterocycles. The molecule has 2 atom stereocenters. The third-order valence-electron chi connectivity index (χ3n) is 3.75. The molecule has 3 aliphatic rings. The van der Waals surface area contributed by atoms with Gasteiger partial charge >= 0.3 is 0 Å². The van der Waals surface area contributed by atoms with Gasteiger partial charge in [-0.25, -0.2) is 0 Å². The van der Waals surface area contributed by atoms with Crippen molar-refractivity contribution in [2.24, 2.45) is 5.16 Å². The van der Waals surface area contributed by atoms with Crippen molar-refractivity contribution in [2.45, 2.75) is 37.8 Å². The Hall–Kier alpha value is -0.810. The van der Waals surface area contributed by atoms with Gasteiger partial charge < -0.3 is 19.8 Å². The van der Waals surface area contributed by atoms with Crippen LogP contribution in [0.3, 0.4) is 0 Å². The number of piperazine rings is 1. The topological polar surface area (TPSA) is 46.1 Å². The third kappa shape index (κ3) is 2.90. The zero-order valence-corrected chi connectivity index (χ0v) is 10.2. The maximum Gasteiger partial charge on any atom is 0.229 e. The van der Waals surface area contributed by atoms with Crippen LogP contribution in [-0.2, 0) is 9.57 Å². The van der Waals surface area contributed by atoms with Crippen molar-refractivity contribution in [1.29, 1.82) is 0 Å². The summed E-state index contributed by atoms with van der Waals surface area (Å²) >= 11 is 0. The minimum absolute atomic E-state index is 0.677. The molecular weight excluding hydrogens is 218 g/mol. The van der Waals surface area contributed by atoms with Crippen LogP contribution >= 0.6 is 0 Å². The van der Waals surface area contributed by atoms with Gasteiger partial charge in [-0.15, -0.1) is 0 Å². The van der Waals surface area contributed by atoms with Crippen LogP contribution in [0.15, 0.2) is 5.16 Å². The van der Waals surface area contributed by atoms with Crippen molar-refractivity contribution >= 4 is 5.90 Å². The molecule has 3 rings (SSSR count). The fourth-order valence-electron chi connectivity index (χ4n) is 2.94. The van der Waals surface area contributed by atoms with Crippen LogP contribution in [0.5, 0.6) is 0 Å². The van der Waals surface area contributed by atoms with Gasteiger partial charge in [0.15, 0.2) is 0 Å². The number of oxime groups is 1. The van der Waals surface area contributed by atoms with E-state index in [0.717, 1.165) is 44.0 Å². The first-order chi connectivity index (χ1) is 8.40. The molecule has 0 radical (unpaired) electrons. The molecular formula is C12H21N3O2. The molecule has 17 heavy (non-hydrogen) atoms. The molecule has 0 aromatic heterocycles. The van der Waals surface area contributed by atoms with E-state index in [-0.39, 0.29) is 0 Å². The van der Waals surface area contributed by atoms with E-state index in [2.05, 4.69) is 15.4 Å². The molecule has 3 heterocycles. The zero-order chi connectivity index (χ0) is 11.5. The lowest BCUT2D eigenvalue weighted by molar-refractivity contribution is 0.167. The van der Waals surface area contributed by atoms with Gasteiger partial charge in [0.1, 0.15) is 6.61 Å². The first-order valence-corrected chi connectivity index (χ1v) is 6.70. The van der Waals surface area contributed by atoms with Crippen LogP contribution in [0.4, 0.5) is 0 Å². The van der Waals surface area contributed by atoms with Crippen LogP contribution in [-0.4, -0.2) is 55.7 Å². The Morgan fingerprint density at radius 2 is 2.18 bits per heavy atom. The highest BCUT2D eigenvalue weighted by atomic mass is 16.7. The van der Waals surface area contributed by atoms with E-state index in [1.807, 2.05) is 0 Å². The second kappa shape index (κ2) is 5.23. The highest BCUT2D eigenvalue weighted by Crippen LogP contribution is 2.19. The van der Waals surface area contributed by atoms with Gasteiger partial charge in [0.25, 0.3) is 0 Å². The van der Waals surface area contributed by atoms with E-state index in [0.29, 0.717) is 6.61 Å². The number of nitrogens with zero attached hydrogens (tertiary/aromatic N) is 2. The first-order valence-electron chi connectivity index (χ1n) is 6.70. The van der Waals surface area contributed by atoms with Gasteiger partial charge in [-0.3, -0.25) is 0 Å². The molecule has 2 unspecified atom stereocenters. The highest BCUT2D eigenvalue weighted by molar-refractivity contribution is 5.76. The first kappa shape index (κ1) is 11.3. The lowest BCUT2D eigenvalue weighted by Gasteiger charge is -2.32. The zero-order valence-electron chi connectivity index (χ0n) is 10.2. The summed E-state index contributed by atoms with van der Waals surface area (Å²) in [7, 11) is 0. The number of likely N-dealkylation sites (tertiary alicyclic amines) is 1. The molecule has 0 amide bonds. The summed E-state index contributed by atoms with van der Waals surface area (Å²) in [5.74, 6) is 0.769. The Labute approximate surface area is 102 Å². The van der Waals surface area contributed by atoms with Crippen molar-refractivity contribution in [3.63, 3.8) is 0 Å². The number of hydrogen-bond donors (Lipinski definition) is 1. The second-order valence-corrected chi connectivity index (χ2v) is 5.17. The SMILES string of the molecule is C(COC1=NOCC1)CN1CC2CCC(C1)N2. The van der Waals surface area contributed by atoms with Crippen molar-refractivity contribution in [2.75, 3.05) is 32.8 Å². The fraction of sp³-hybridized carbons (Fsp3) is 0.917. The summed E-state index contributed by atoms with van der Waals surface area (Å²) in [4.78, 5) is 7.45. The molecule has 0 aromatic rings. The van der Waals surface area contributed by atoms with Gasteiger partial charge in [0.2, 0.25) is 5.90 Å². The Morgan fingerprint density at radius 3 is 2.88 bits per heavy atom. The largest absolute Gasteiger partial charge is 0.479 e. The Morgan fingerprint density at radius 1 is 1.35 bits per heavy atom. The Kier molecular flexibility index (Phi) is 3.47. The van der Waals surface area contributed by atoms with Crippen molar-refractivity contribution in [3.8, 4) is 0 Å². The number of ether oxygens (including phenoxy) is 1. The van der Waals surface area contributed by atoms with E-state index in [4.69, 9.17) is 9.57 Å². The van der Waals surface area contributed by atoms with Crippen LogP contribution in [0, 0.1) is 0 Å². The number of hydrogen-bond acceptors (Lipinski definition) is 5. The van der Waals surface area contributed by atoms with Crippen LogP contribution in [0.1, 0.15) is 25.7 Å². The van der Waals surface area contributed by atoms with Gasteiger partial charge in [0.05, 0.1) is 13.0 Å². The van der Waals surface area contributed by atoms with E-state index in [1.165, 1.54) is 25.9 Å². The molecule has 2 fully saturated rings. The molecule has 5 nitrogen and oxygen atoms in total. The van der Waals surface area contributed by atoms with Gasteiger partial charge in [-0.2, -0.15) is 0 Å². The standard InChI is InChI=1S/C12H21N3O2/c1(6-16-12-4-7-17-14-12)5-15-8-10-2-3-11(9-15)13-10/h10-11,13H,1-9H2. The summed E-state index contributed by atoms with van der Waals surface area (Å²) in [5, 5.41) is 7.47. The quantitative estimate of drug-likeness (QED) is 0.728. The number of rotatable bonds is 4. The van der Waals surface area contributed by atoms with Gasteiger partial charge in [-0.05, 0) is 19.3 Å². The lowest BCUT2D eigenvalue weighted by Crippen LogP contribution is -2.51. The maximum atomic E-state index is 5.55. The van der Waals surface area contributed by atoms with Crippen LogP contribution < -0.4 is 5.32 Å². The molecule has 2 saturated heterocycles. The fourth-order valence-corrected chi connectivity index (χ4v) is 2.94. The summed E-state index contributed by atoms with van der Waals surface area (Å²) in [6.45, 7) is 5.00. The Balaban J connectivity index is 1.32. The second-order valence-electron chi connectivity index (χ2n) is 5.17. The Bertz CT molecular complexity index is 283. The number of nitrogens with one attached hydrogen (secondary N) is 1. The van der Waals surface area contributed by atoms with E-state index < -0.39 is 0 Å². The molecule has 1 N–H and O–H groups in total. The van der Waals surface area contributed by atoms with Crippen LogP contribution in [0.2, 0.25) is 0 Å². The predicted molar refractivity (Wildman–Crippen MR) is 65.0 cm³/mol. The molecule has 0 aliphatic carbocycles. The third-order valence-corrected chi connectivity index (χ3v) is 3.75. The molecule has 96 valence electrons. The summed E-state index contributed by atoms with van der Waals surface area (Å²) in [5.41, 5.74) is 0. The average Bonchev–Trinajstić information content (AvgIpc) is 2.95. The molecule has 0 spiro atoms. The van der Waals surface area contributed by atoms with Crippen molar-refractivity contribution < 1.29 is 9.57 Å². The monoisotopic (exact) mass is 239 g/mol. The maximum absolute atomic E-state index is 5.55. The van der Waals surface area contributed by atoms with E-state index in [1.54, 1.807) is 0 Å². The van der Waals surface area contributed by atoms with E-state index in [9.17, 15) is 0 Å². The molecule has 5 heteroatoms. The summed E-state index contributed by atoms with van der Waals surface area (Å²) in [6, 6.07) is 1.48. The highest BCUT2D eigenvalue weighted by Gasteiger charge is 2.31. The van der Waals surface area contributed by atoms with Crippen molar-refractivity contribution in [3.05, 3.63) is 0 Å². The number of fused-ring (bicyclic) bond motifs is 2. The molecule has 0 aromatic carbocycles. The minimum Gasteiger partial charge on any atom is -0.479 e. The molecule has 2 bridgehead atoms. The molecule has 0 saturated carbocycles. The smallest absolute Gasteiger partial charge is 0.229 e. The average molecular weight is 239 g/mol. The van der Waals surface area contributed by atoms with Crippen molar-refractivity contribution in [1.82, 2.24) is 10.2 Å². The summed E-state index contributed by atoms with van der Waals surface area (Å²) in [6.07, 6.45) is 4.62. The normalized spacial score (nSPS) is 32.4.